The molecule has 0 aliphatic carbocycles. The summed E-state index contributed by atoms with van der Waals surface area (Å²) in [6.07, 6.45) is 5.27. The molecule has 1 fully saturated rings. The Morgan fingerprint density at radius 1 is 1.27 bits per heavy atom. The van der Waals surface area contributed by atoms with Gasteiger partial charge in [0.05, 0.1) is 29.4 Å². The van der Waals surface area contributed by atoms with Crippen molar-refractivity contribution >= 4 is 22.5 Å². The topological polar surface area (TPSA) is 58.4 Å². The third-order valence-corrected chi connectivity index (χ3v) is 5.94. The number of aliphatic hydroxyl groups is 1. The molecule has 1 aliphatic rings. The lowest BCUT2D eigenvalue weighted by Gasteiger charge is -2.39. The molecule has 3 rings (SSSR count). The van der Waals surface area contributed by atoms with Crippen molar-refractivity contribution in [1.82, 2.24) is 14.5 Å². The van der Waals surface area contributed by atoms with E-state index in [-0.39, 0.29) is 12.1 Å². The first kappa shape index (κ1) is 19.3. The Morgan fingerprint density at radius 3 is 2.62 bits per heavy atom. The molecule has 1 saturated heterocycles. The number of piperidine rings is 1. The van der Waals surface area contributed by atoms with E-state index in [9.17, 15) is 9.90 Å². The fraction of sp³-hybridized carbons (Fsp3) is 0.600. The van der Waals surface area contributed by atoms with Crippen LogP contribution in [-0.2, 0) is 6.54 Å². The van der Waals surface area contributed by atoms with Gasteiger partial charge in [-0.25, -0.2) is 4.98 Å². The van der Waals surface area contributed by atoms with Gasteiger partial charge in [0.15, 0.2) is 0 Å². The Hall–Kier alpha value is -1.43. The first-order valence-corrected chi connectivity index (χ1v) is 9.91. The fourth-order valence-electron chi connectivity index (χ4n) is 3.78. The summed E-state index contributed by atoms with van der Waals surface area (Å²) in [5.41, 5.74) is -0.388. The molecule has 0 amide bonds. The Bertz CT molecular complexity index is 808. The summed E-state index contributed by atoms with van der Waals surface area (Å²) < 4.78 is 1.53. The number of aromatic nitrogens is 2. The van der Waals surface area contributed by atoms with E-state index < -0.39 is 5.60 Å². The lowest BCUT2D eigenvalue weighted by molar-refractivity contribution is -0.0375. The Kier molecular flexibility index (Phi) is 6.00. The fourth-order valence-corrected chi connectivity index (χ4v) is 3.95. The van der Waals surface area contributed by atoms with Gasteiger partial charge in [0.1, 0.15) is 0 Å². The van der Waals surface area contributed by atoms with Gasteiger partial charge in [-0.05, 0) is 37.0 Å². The van der Waals surface area contributed by atoms with E-state index in [1.54, 1.807) is 18.2 Å². The monoisotopic (exact) mass is 377 g/mol. The summed E-state index contributed by atoms with van der Waals surface area (Å²) in [5.74, 6) is 0.723. The SMILES string of the molecule is CCC(CC)CN1CCC(O)(Cn2cnc3cc(Cl)ccc3c2=O)CC1. The van der Waals surface area contributed by atoms with E-state index in [0.29, 0.717) is 28.8 Å². The highest BCUT2D eigenvalue weighted by atomic mass is 35.5. The smallest absolute Gasteiger partial charge is 0.261 e. The quantitative estimate of drug-likeness (QED) is 0.839. The van der Waals surface area contributed by atoms with Gasteiger partial charge in [-0.1, -0.05) is 38.3 Å². The van der Waals surface area contributed by atoms with Crippen molar-refractivity contribution in [3.63, 3.8) is 0 Å². The zero-order valence-electron chi connectivity index (χ0n) is 15.6. The molecule has 2 aromatic rings. The number of likely N-dealkylation sites (tertiary alicyclic amines) is 1. The van der Waals surface area contributed by atoms with Gasteiger partial charge in [0.25, 0.3) is 5.56 Å². The molecule has 2 heterocycles. The van der Waals surface area contributed by atoms with Crippen LogP contribution in [0.3, 0.4) is 0 Å². The van der Waals surface area contributed by atoms with Gasteiger partial charge in [-0.2, -0.15) is 0 Å². The molecule has 0 radical (unpaired) electrons. The van der Waals surface area contributed by atoms with E-state index in [2.05, 4.69) is 23.7 Å². The highest BCUT2D eigenvalue weighted by Crippen LogP contribution is 2.25. The largest absolute Gasteiger partial charge is 0.388 e. The third kappa shape index (κ3) is 4.27. The van der Waals surface area contributed by atoms with Crippen molar-refractivity contribution in [2.75, 3.05) is 19.6 Å². The van der Waals surface area contributed by atoms with Crippen molar-refractivity contribution in [3.05, 3.63) is 39.9 Å². The molecule has 0 unspecified atom stereocenters. The summed E-state index contributed by atoms with van der Waals surface area (Å²) >= 11 is 5.97. The highest BCUT2D eigenvalue weighted by Gasteiger charge is 2.33. The van der Waals surface area contributed by atoms with Crippen molar-refractivity contribution in [2.24, 2.45) is 5.92 Å². The molecule has 0 atom stereocenters. The molecule has 5 nitrogen and oxygen atoms in total. The minimum Gasteiger partial charge on any atom is -0.388 e. The van der Waals surface area contributed by atoms with Crippen LogP contribution >= 0.6 is 11.6 Å². The maximum atomic E-state index is 12.7. The van der Waals surface area contributed by atoms with Crippen LogP contribution in [-0.4, -0.2) is 44.8 Å². The first-order valence-electron chi connectivity index (χ1n) is 9.53. The second kappa shape index (κ2) is 8.07. The Labute approximate surface area is 159 Å². The summed E-state index contributed by atoms with van der Waals surface area (Å²) in [7, 11) is 0. The number of nitrogens with zero attached hydrogens (tertiary/aromatic N) is 3. The maximum absolute atomic E-state index is 12.7. The number of benzene rings is 1. The molecule has 1 N–H and O–H groups in total. The van der Waals surface area contributed by atoms with Crippen LogP contribution in [0.25, 0.3) is 10.9 Å². The van der Waals surface area contributed by atoms with Crippen LogP contribution in [0.15, 0.2) is 29.3 Å². The lowest BCUT2D eigenvalue weighted by Crippen LogP contribution is -2.49. The zero-order valence-corrected chi connectivity index (χ0v) is 16.4. The molecular formula is C20H28ClN3O2. The molecule has 0 bridgehead atoms. The van der Waals surface area contributed by atoms with Gasteiger partial charge >= 0.3 is 0 Å². The predicted octanol–water partition coefficient (Wildman–Crippen LogP) is 3.31. The number of hydrogen-bond donors (Lipinski definition) is 1. The maximum Gasteiger partial charge on any atom is 0.261 e. The van der Waals surface area contributed by atoms with Gasteiger partial charge in [0, 0.05) is 24.7 Å². The Morgan fingerprint density at radius 2 is 1.96 bits per heavy atom. The molecule has 26 heavy (non-hydrogen) atoms. The summed E-state index contributed by atoms with van der Waals surface area (Å²) in [6.45, 7) is 7.61. The minimum absolute atomic E-state index is 0.125. The van der Waals surface area contributed by atoms with Gasteiger partial charge < -0.3 is 10.0 Å². The second-order valence-corrected chi connectivity index (χ2v) is 7.98. The molecule has 1 aliphatic heterocycles. The summed E-state index contributed by atoms with van der Waals surface area (Å²) in [4.78, 5) is 19.5. The van der Waals surface area contributed by atoms with Gasteiger partial charge in [-0.15, -0.1) is 0 Å². The van der Waals surface area contributed by atoms with Gasteiger partial charge in [-0.3, -0.25) is 9.36 Å². The van der Waals surface area contributed by atoms with E-state index in [1.807, 2.05) is 0 Å². The molecule has 1 aromatic carbocycles. The predicted molar refractivity (Wildman–Crippen MR) is 106 cm³/mol. The molecule has 1 aromatic heterocycles. The number of halogens is 1. The van der Waals surface area contributed by atoms with E-state index in [4.69, 9.17) is 11.6 Å². The first-order chi connectivity index (χ1) is 12.4. The normalized spacial score (nSPS) is 17.9. The highest BCUT2D eigenvalue weighted by molar-refractivity contribution is 6.31. The minimum atomic E-state index is -0.851. The van der Waals surface area contributed by atoms with Crippen LogP contribution in [0, 0.1) is 5.92 Å². The summed E-state index contributed by atoms with van der Waals surface area (Å²) in [5, 5.41) is 12.1. The van der Waals surface area contributed by atoms with Gasteiger partial charge in [0.2, 0.25) is 0 Å². The third-order valence-electron chi connectivity index (χ3n) is 5.71. The van der Waals surface area contributed by atoms with Crippen LogP contribution in [0.4, 0.5) is 0 Å². The molecule has 0 saturated carbocycles. The number of fused-ring (bicyclic) bond motifs is 1. The zero-order chi connectivity index (χ0) is 18.7. The van der Waals surface area contributed by atoms with Crippen molar-refractivity contribution in [2.45, 2.75) is 51.7 Å². The lowest BCUT2D eigenvalue weighted by atomic mass is 9.90. The van der Waals surface area contributed by atoms with E-state index in [1.165, 1.54) is 23.7 Å². The van der Waals surface area contributed by atoms with Crippen molar-refractivity contribution in [3.8, 4) is 0 Å². The second-order valence-electron chi connectivity index (χ2n) is 7.55. The van der Waals surface area contributed by atoms with Crippen molar-refractivity contribution < 1.29 is 5.11 Å². The Balaban J connectivity index is 1.69. The van der Waals surface area contributed by atoms with Crippen LogP contribution < -0.4 is 5.56 Å². The summed E-state index contributed by atoms with van der Waals surface area (Å²) in [6, 6.07) is 5.09. The van der Waals surface area contributed by atoms with Crippen molar-refractivity contribution in [1.29, 1.82) is 0 Å². The van der Waals surface area contributed by atoms with Crippen LogP contribution in [0.5, 0.6) is 0 Å². The van der Waals surface area contributed by atoms with Crippen LogP contribution in [0.2, 0.25) is 5.02 Å². The molecule has 6 heteroatoms. The molecule has 0 spiro atoms. The van der Waals surface area contributed by atoms with E-state index >= 15 is 0 Å². The number of hydrogen-bond acceptors (Lipinski definition) is 4. The number of rotatable bonds is 6. The average molecular weight is 378 g/mol. The average Bonchev–Trinajstić information content (AvgIpc) is 2.64. The molecule has 142 valence electrons. The standard InChI is InChI=1S/C20H28ClN3O2/c1-3-15(4-2)12-23-9-7-20(26,8-10-23)13-24-14-22-18-11-16(21)5-6-17(18)19(24)25/h5-6,11,14-15,26H,3-4,7-10,12-13H2,1-2H3. The van der Waals surface area contributed by atoms with E-state index in [0.717, 1.165) is 25.6 Å². The molecular weight excluding hydrogens is 350 g/mol. The van der Waals surface area contributed by atoms with Crippen LogP contribution in [0.1, 0.15) is 39.5 Å².